The largest absolute Gasteiger partial charge is 0.497 e. The third kappa shape index (κ3) is 4.90. The van der Waals surface area contributed by atoms with Crippen molar-refractivity contribution in [1.29, 1.82) is 0 Å². The van der Waals surface area contributed by atoms with Gasteiger partial charge in [-0.2, -0.15) is 0 Å². The summed E-state index contributed by atoms with van der Waals surface area (Å²) in [6.07, 6.45) is 4.44. The van der Waals surface area contributed by atoms with E-state index in [0.717, 1.165) is 35.0 Å². The van der Waals surface area contributed by atoms with E-state index in [1.54, 1.807) is 7.11 Å². The summed E-state index contributed by atoms with van der Waals surface area (Å²) in [5.74, 6) is 1.09. The Hall–Kier alpha value is -0.830. The monoisotopic (exact) mass is 298 g/mol. The van der Waals surface area contributed by atoms with Crippen LogP contribution in [-0.4, -0.2) is 12.9 Å². The molecule has 1 rings (SSSR count). The highest BCUT2D eigenvalue weighted by Crippen LogP contribution is 2.23. The summed E-state index contributed by atoms with van der Waals surface area (Å²) in [6, 6.07) is 5.73. The van der Waals surface area contributed by atoms with Crippen LogP contribution in [0, 0.1) is 0 Å². The smallest absolute Gasteiger partial charge is 0.137 e. The van der Waals surface area contributed by atoms with Gasteiger partial charge in [0.1, 0.15) is 11.5 Å². The average Bonchev–Trinajstić information content (AvgIpc) is 2.32. The maximum absolute atomic E-state index is 11.8. The fraction of sp³-hybridized carbons (Fsp3) is 0.500. The van der Waals surface area contributed by atoms with Gasteiger partial charge in [-0.3, -0.25) is 4.79 Å². The van der Waals surface area contributed by atoms with Crippen molar-refractivity contribution in [1.82, 2.24) is 0 Å². The van der Waals surface area contributed by atoms with Gasteiger partial charge in [0.15, 0.2) is 0 Å². The van der Waals surface area contributed by atoms with Gasteiger partial charge in [0.25, 0.3) is 0 Å². The van der Waals surface area contributed by atoms with E-state index in [-0.39, 0.29) is 0 Å². The Morgan fingerprint density at radius 3 is 2.76 bits per heavy atom. The molecule has 0 bridgehead atoms. The van der Waals surface area contributed by atoms with Crippen LogP contribution in [0.1, 0.15) is 38.2 Å². The Bertz CT molecular complexity index is 374. The molecule has 1 aromatic rings. The highest BCUT2D eigenvalue weighted by Gasteiger charge is 2.08. The van der Waals surface area contributed by atoms with E-state index in [1.807, 2.05) is 18.2 Å². The fourth-order valence-electron chi connectivity index (χ4n) is 1.69. The first-order valence-electron chi connectivity index (χ1n) is 6.01. The number of carbonyl (C=O) groups is 1. The standard InChI is InChI=1S/C14H19BrO2/c1-3-4-5-6-12(16)9-11-10-13(17-2)7-8-14(11)15/h7-8,10H,3-6,9H2,1-2H3. The molecule has 0 heterocycles. The topological polar surface area (TPSA) is 26.3 Å². The predicted octanol–water partition coefficient (Wildman–Crippen LogP) is 4.15. The molecule has 0 N–H and O–H groups in total. The van der Waals surface area contributed by atoms with Crippen LogP contribution < -0.4 is 4.74 Å². The van der Waals surface area contributed by atoms with E-state index in [0.29, 0.717) is 18.6 Å². The van der Waals surface area contributed by atoms with Crippen LogP contribution in [0.2, 0.25) is 0 Å². The number of benzene rings is 1. The fourth-order valence-corrected chi connectivity index (χ4v) is 2.07. The van der Waals surface area contributed by atoms with Crippen molar-refractivity contribution in [3.8, 4) is 5.75 Å². The van der Waals surface area contributed by atoms with Crippen LogP contribution in [0.4, 0.5) is 0 Å². The van der Waals surface area contributed by atoms with Gasteiger partial charge in [-0.05, 0) is 30.2 Å². The van der Waals surface area contributed by atoms with Crippen LogP contribution in [0.15, 0.2) is 22.7 Å². The SMILES string of the molecule is CCCCCC(=O)Cc1cc(OC)ccc1Br. The van der Waals surface area contributed by atoms with Gasteiger partial charge < -0.3 is 4.74 Å². The van der Waals surface area contributed by atoms with Crippen LogP contribution in [0.3, 0.4) is 0 Å². The lowest BCUT2D eigenvalue weighted by Crippen LogP contribution is -2.03. The number of Topliss-reactive ketones (excluding diaryl/α,β-unsaturated/α-hetero) is 1. The molecule has 0 spiro atoms. The maximum atomic E-state index is 11.8. The molecule has 94 valence electrons. The Labute approximate surface area is 111 Å². The van der Waals surface area contributed by atoms with Crippen LogP contribution >= 0.6 is 15.9 Å². The number of unbranched alkanes of at least 4 members (excludes halogenated alkanes) is 2. The lowest BCUT2D eigenvalue weighted by molar-refractivity contribution is -0.118. The van der Waals surface area contributed by atoms with Gasteiger partial charge >= 0.3 is 0 Å². The third-order valence-electron chi connectivity index (χ3n) is 2.70. The Morgan fingerprint density at radius 2 is 2.12 bits per heavy atom. The number of ether oxygens (including phenoxy) is 1. The van der Waals surface area contributed by atoms with Gasteiger partial charge in [0, 0.05) is 17.3 Å². The second-order valence-electron chi connectivity index (χ2n) is 4.13. The van der Waals surface area contributed by atoms with Gasteiger partial charge in [-0.15, -0.1) is 0 Å². The summed E-state index contributed by atoms with van der Waals surface area (Å²) in [6.45, 7) is 2.14. The van der Waals surface area contributed by atoms with Gasteiger partial charge in [-0.1, -0.05) is 35.7 Å². The molecule has 0 unspecified atom stereocenters. The van der Waals surface area contributed by atoms with Gasteiger partial charge in [-0.25, -0.2) is 0 Å². The van der Waals surface area contributed by atoms with E-state index in [9.17, 15) is 4.79 Å². The van der Waals surface area contributed by atoms with E-state index >= 15 is 0 Å². The number of hydrogen-bond donors (Lipinski definition) is 0. The molecule has 17 heavy (non-hydrogen) atoms. The Balaban J connectivity index is 2.57. The predicted molar refractivity (Wildman–Crippen MR) is 73.5 cm³/mol. The molecule has 0 fully saturated rings. The molecule has 0 aliphatic rings. The van der Waals surface area contributed by atoms with Crippen molar-refractivity contribution >= 4 is 21.7 Å². The second kappa shape index (κ2) is 7.49. The summed E-state index contributed by atoms with van der Waals surface area (Å²) in [4.78, 5) is 11.8. The lowest BCUT2D eigenvalue weighted by atomic mass is 10.0. The van der Waals surface area contributed by atoms with Crippen LogP contribution in [0.5, 0.6) is 5.75 Å². The minimum absolute atomic E-state index is 0.299. The molecule has 3 heteroatoms. The van der Waals surface area contributed by atoms with E-state index in [2.05, 4.69) is 22.9 Å². The Morgan fingerprint density at radius 1 is 1.35 bits per heavy atom. The van der Waals surface area contributed by atoms with Gasteiger partial charge in [0.05, 0.1) is 7.11 Å². The van der Waals surface area contributed by atoms with E-state index in [1.165, 1.54) is 0 Å². The van der Waals surface area contributed by atoms with Crippen molar-refractivity contribution < 1.29 is 9.53 Å². The zero-order chi connectivity index (χ0) is 12.7. The maximum Gasteiger partial charge on any atom is 0.137 e. The minimum atomic E-state index is 0.299. The molecule has 0 radical (unpaired) electrons. The molecule has 1 aromatic carbocycles. The van der Waals surface area contributed by atoms with Crippen molar-refractivity contribution in [2.75, 3.05) is 7.11 Å². The van der Waals surface area contributed by atoms with Crippen LogP contribution in [-0.2, 0) is 11.2 Å². The molecule has 0 aliphatic heterocycles. The highest BCUT2D eigenvalue weighted by molar-refractivity contribution is 9.10. The first-order chi connectivity index (χ1) is 8.17. The summed E-state index contributed by atoms with van der Waals surface area (Å²) in [7, 11) is 1.64. The molecule has 2 nitrogen and oxygen atoms in total. The summed E-state index contributed by atoms with van der Waals surface area (Å²) in [5, 5.41) is 0. The quantitative estimate of drug-likeness (QED) is 0.707. The minimum Gasteiger partial charge on any atom is -0.497 e. The molecule has 0 aliphatic carbocycles. The third-order valence-corrected chi connectivity index (χ3v) is 3.47. The van der Waals surface area contributed by atoms with Crippen molar-refractivity contribution in [3.05, 3.63) is 28.2 Å². The summed E-state index contributed by atoms with van der Waals surface area (Å²) >= 11 is 3.46. The molecular weight excluding hydrogens is 280 g/mol. The molecule has 0 amide bonds. The van der Waals surface area contributed by atoms with Crippen molar-refractivity contribution in [2.24, 2.45) is 0 Å². The zero-order valence-corrected chi connectivity index (χ0v) is 12.0. The number of halogens is 1. The molecular formula is C14H19BrO2. The van der Waals surface area contributed by atoms with Crippen molar-refractivity contribution in [2.45, 2.75) is 39.0 Å². The average molecular weight is 299 g/mol. The molecule has 0 saturated carbocycles. The number of hydrogen-bond acceptors (Lipinski definition) is 2. The summed E-state index contributed by atoms with van der Waals surface area (Å²) in [5.41, 5.74) is 1.01. The number of methoxy groups -OCH3 is 1. The molecule has 0 atom stereocenters. The van der Waals surface area contributed by atoms with Gasteiger partial charge in [0.2, 0.25) is 0 Å². The van der Waals surface area contributed by atoms with E-state index in [4.69, 9.17) is 4.74 Å². The number of carbonyl (C=O) groups excluding carboxylic acids is 1. The molecule has 0 saturated heterocycles. The highest BCUT2D eigenvalue weighted by atomic mass is 79.9. The number of ketones is 1. The number of rotatable bonds is 7. The lowest BCUT2D eigenvalue weighted by Gasteiger charge is -2.06. The molecule has 0 aromatic heterocycles. The first kappa shape index (κ1) is 14.2. The first-order valence-corrected chi connectivity index (χ1v) is 6.80. The Kier molecular flexibility index (Phi) is 6.27. The van der Waals surface area contributed by atoms with Crippen LogP contribution in [0.25, 0.3) is 0 Å². The zero-order valence-electron chi connectivity index (χ0n) is 10.5. The van der Waals surface area contributed by atoms with Crippen molar-refractivity contribution in [3.63, 3.8) is 0 Å². The second-order valence-corrected chi connectivity index (χ2v) is 4.98. The normalized spacial score (nSPS) is 10.3. The van der Waals surface area contributed by atoms with E-state index < -0.39 is 0 Å². The summed E-state index contributed by atoms with van der Waals surface area (Å²) < 4.78 is 6.13.